The second kappa shape index (κ2) is 6.08. The van der Waals surface area contributed by atoms with Crippen molar-refractivity contribution in [2.24, 2.45) is 11.7 Å². The van der Waals surface area contributed by atoms with Crippen LogP contribution in [-0.2, 0) is 4.79 Å². The highest BCUT2D eigenvalue weighted by Crippen LogP contribution is 2.14. The first kappa shape index (κ1) is 12.5. The summed E-state index contributed by atoms with van der Waals surface area (Å²) in [5.74, 6) is -0.270. The van der Waals surface area contributed by atoms with Crippen LogP contribution in [0, 0.1) is 5.92 Å². The molecule has 4 heteroatoms. The standard InChI is InChI=1S/C11H22N2O2/c1-9(10(14)8-11(12)15)4-7-13-5-2-3-6-13/h9-10,14H,2-8H2,1H3,(H2,12,15)/t9-,10+/m1/s1. The van der Waals surface area contributed by atoms with Crippen molar-refractivity contribution in [3.05, 3.63) is 0 Å². The number of carbonyl (C=O) groups is 1. The molecule has 1 aliphatic rings. The van der Waals surface area contributed by atoms with E-state index in [0.29, 0.717) is 0 Å². The van der Waals surface area contributed by atoms with E-state index in [-0.39, 0.29) is 12.3 Å². The molecule has 0 radical (unpaired) electrons. The summed E-state index contributed by atoms with van der Waals surface area (Å²) >= 11 is 0. The fourth-order valence-corrected chi connectivity index (χ4v) is 1.99. The van der Waals surface area contributed by atoms with E-state index in [9.17, 15) is 9.90 Å². The Labute approximate surface area is 91.4 Å². The highest BCUT2D eigenvalue weighted by Gasteiger charge is 2.18. The molecule has 3 N–H and O–H groups in total. The lowest BCUT2D eigenvalue weighted by atomic mass is 9.98. The maximum atomic E-state index is 10.6. The van der Waals surface area contributed by atoms with Crippen LogP contribution in [0.5, 0.6) is 0 Å². The van der Waals surface area contributed by atoms with Gasteiger partial charge in [0.1, 0.15) is 0 Å². The molecule has 1 fully saturated rings. The topological polar surface area (TPSA) is 66.6 Å². The van der Waals surface area contributed by atoms with Gasteiger partial charge in [0.05, 0.1) is 12.5 Å². The van der Waals surface area contributed by atoms with Crippen LogP contribution in [0.15, 0.2) is 0 Å². The van der Waals surface area contributed by atoms with E-state index in [2.05, 4.69) is 4.90 Å². The molecule has 1 saturated heterocycles. The predicted molar refractivity (Wildman–Crippen MR) is 59.3 cm³/mol. The highest BCUT2D eigenvalue weighted by atomic mass is 16.3. The molecule has 0 unspecified atom stereocenters. The lowest BCUT2D eigenvalue weighted by Gasteiger charge is -2.21. The van der Waals surface area contributed by atoms with Gasteiger partial charge < -0.3 is 15.7 Å². The van der Waals surface area contributed by atoms with Crippen LogP contribution in [0.25, 0.3) is 0 Å². The Hall–Kier alpha value is -0.610. The van der Waals surface area contributed by atoms with Crippen molar-refractivity contribution in [3.63, 3.8) is 0 Å². The Morgan fingerprint density at radius 2 is 2.07 bits per heavy atom. The third kappa shape index (κ3) is 4.62. The van der Waals surface area contributed by atoms with E-state index in [1.54, 1.807) is 0 Å². The van der Waals surface area contributed by atoms with Gasteiger partial charge in [-0.2, -0.15) is 0 Å². The van der Waals surface area contributed by atoms with Gasteiger partial charge in [-0.3, -0.25) is 4.79 Å². The summed E-state index contributed by atoms with van der Waals surface area (Å²) in [5, 5.41) is 9.64. The van der Waals surface area contributed by atoms with Crippen LogP contribution in [0.2, 0.25) is 0 Å². The average molecular weight is 214 g/mol. The normalized spacial score (nSPS) is 21.5. The van der Waals surface area contributed by atoms with E-state index in [1.165, 1.54) is 25.9 Å². The molecular weight excluding hydrogens is 192 g/mol. The number of likely N-dealkylation sites (tertiary alicyclic amines) is 1. The Morgan fingerprint density at radius 1 is 1.47 bits per heavy atom. The maximum absolute atomic E-state index is 10.6. The quantitative estimate of drug-likeness (QED) is 0.670. The van der Waals surface area contributed by atoms with Crippen LogP contribution in [-0.4, -0.2) is 41.7 Å². The van der Waals surface area contributed by atoms with Crippen LogP contribution in [0.4, 0.5) is 0 Å². The molecule has 4 nitrogen and oxygen atoms in total. The molecule has 0 spiro atoms. The van der Waals surface area contributed by atoms with E-state index >= 15 is 0 Å². The van der Waals surface area contributed by atoms with Crippen LogP contribution >= 0.6 is 0 Å². The van der Waals surface area contributed by atoms with E-state index in [1.807, 2.05) is 6.92 Å². The third-order valence-electron chi connectivity index (χ3n) is 3.17. The maximum Gasteiger partial charge on any atom is 0.220 e. The molecule has 15 heavy (non-hydrogen) atoms. The number of aliphatic hydroxyl groups is 1. The van der Waals surface area contributed by atoms with Gasteiger partial charge in [-0.25, -0.2) is 0 Å². The third-order valence-corrected chi connectivity index (χ3v) is 3.17. The van der Waals surface area contributed by atoms with E-state index in [0.717, 1.165) is 13.0 Å². The molecule has 0 aliphatic carbocycles. The lowest BCUT2D eigenvalue weighted by Crippen LogP contribution is -2.29. The zero-order chi connectivity index (χ0) is 11.3. The zero-order valence-electron chi connectivity index (χ0n) is 9.48. The number of rotatable bonds is 6. The number of nitrogens with zero attached hydrogens (tertiary/aromatic N) is 1. The van der Waals surface area contributed by atoms with Gasteiger partial charge in [-0.15, -0.1) is 0 Å². The molecule has 0 saturated carbocycles. The van der Waals surface area contributed by atoms with Gasteiger partial charge in [-0.05, 0) is 44.8 Å². The minimum atomic E-state index is -0.579. The number of primary amides is 1. The van der Waals surface area contributed by atoms with Gasteiger partial charge in [-0.1, -0.05) is 6.92 Å². The van der Waals surface area contributed by atoms with Crippen molar-refractivity contribution in [1.29, 1.82) is 0 Å². The van der Waals surface area contributed by atoms with Gasteiger partial charge >= 0.3 is 0 Å². The lowest BCUT2D eigenvalue weighted by molar-refractivity contribution is -0.120. The number of carbonyl (C=O) groups excluding carboxylic acids is 1. The SMILES string of the molecule is C[C@H](CCN1CCCC1)[C@@H](O)CC(N)=O. The number of hydrogen-bond acceptors (Lipinski definition) is 3. The van der Waals surface area contributed by atoms with Crippen molar-refractivity contribution in [1.82, 2.24) is 4.90 Å². The minimum absolute atomic E-state index is 0.0845. The molecule has 1 aliphatic heterocycles. The smallest absolute Gasteiger partial charge is 0.220 e. The van der Waals surface area contributed by atoms with Crippen molar-refractivity contribution in [2.45, 2.75) is 38.7 Å². The highest BCUT2D eigenvalue weighted by molar-refractivity contribution is 5.74. The fourth-order valence-electron chi connectivity index (χ4n) is 1.99. The first-order valence-corrected chi connectivity index (χ1v) is 5.78. The summed E-state index contributed by atoms with van der Waals surface area (Å²) in [6.07, 6.45) is 3.02. The number of aliphatic hydroxyl groups excluding tert-OH is 1. The molecule has 0 aromatic rings. The summed E-state index contributed by atoms with van der Waals surface area (Å²) in [5.41, 5.74) is 5.04. The molecule has 1 amide bonds. The first-order chi connectivity index (χ1) is 7.09. The summed E-state index contributed by atoms with van der Waals surface area (Å²) in [4.78, 5) is 13.0. The largest absolute Gasteiger partial charge is 0.392 e. The summed E-state index contributed by atoms with van der Waals surface area (Å²) in [7, 11) is 0. The Kier molecular flexibility index (Phi) is 5.05. The summed E-state index contributed by atoms with van der Waals surface area (Å²) in [6, 6.07) is 0. The fraction of sp³-hybridized carbons (Fsp3) is 0.909. The number of hydrogen-bond donors (Lipinski definition) is 2. The van der Waals surface area contributed by atoms with Crippen molar-refractivity contribution < 1.29 is 9.90 Å². The molecule has 2 atom stereocenters. The molecule has 0 aromatic heterocycles. The van der Waals surface area contributed by atoms with Crippen LogP contribution < -0.4 is 5.73 Å². The van der Waals surface area contributed by atoms with Crippen LogP contribution in [0.1, 0.15) is 32.6 Å². The molecule has 1 heterocycles. The molecule has 0 bridgehead atoms. The molecule has 88 valence electrons. The summed E-state index contributed by atoms with van der Waals surface area (Å²) in [6.45, 7) is 5.36. The Balaban J connectivity index is 2.16. The average Bonchev–Trinajstić information content (AvgIpc) is 2.65. The molecular formula is C11H22N2O2. The molecule has 0 aromatic carbocycles. The van der Waals surface area contributed by atoms with E-state index < -0.39 is 12.0 Å². The predicted octanol–water partition coefficient (Wildman–Crippen LogP) is 0.345. The number of nitrogens with two attached hydrogens (primary N) is 1. The Morgan fingerprint density at radius 3 is 2.60 bits per heavy atom. The first-order valence-electron chi connectivity index (χ1n) is 5.78. The van der Waals surface area contributed by atoms with Gasteiger partial charge in [0.15, 0.2) is 0 Å². The van der Waals surface area contributed by atoms with Gasteiger partial charge in [0, 0.05) is 0 Å². The van der Waals surface area contributed by atoms with Gasteiger partial charge in [0.2, 0.25) is 5.91 Å². The second-order valence-electron chi connectivity index (χ2n) is 4.55. The Bertz CT molecular complexity index is 203. The van der Waals surface area contributed by atoms with Crippen molar-refractivity contribution in [3.8, 4) is 0 Å². The van der Waals surface area contributed by atoms with Gasteiger partial charge in [0.25, 0.3) is 0 Å². The van der Waals surface area contributed by atoms with Crippen LogP contribution in [0.3, 0.4) is 0 Å². The molecule has 1 rings (SSSR count). The van der Waals surface area contributed by atoms with Crippen molar-refractivity contribution in [2.75, 3.05) is 19.6 Å². The zero-order valence-corrected chi connectivity index (χ0v) is 9.48. The number of amides is 1. The van der Waals surface area contributed by atoms with Crippen molar-refractivity contribution >= 4 is 5.91 Å². The monoisotopic (exact) mass is 214 g/mol. The summed E-state index contributed by atoms with van der Waals surface area (Å²) < 4.78 is 0. The second-order valence-corrected chi connectivity index (χ2v) is 4.55. The van der Waals surface area contributed by atoms with E-state index in [4.69, 9.17) is 5.73 Å². The minimum Gasteiger partial charge on any atom is -0.392 e.